The van der Waals surface area contributed by atoms with Gasteiger partial charge in [-0.25, -0.2) is 4.98 Å². The molecular formula is C23H26N6O. The monoisotopic (exact) mass is 402 g/mol. The highest BCUT2D eigenvalue weighted by Gasteiger charge is 2.23. The van der Waals surface area contributed by atoms with Crippen LogP contribution in [0, 0.1) is 0 Å². The van der Waals surface area contributed by atoms with Crippen LogP contribution in [0.3, 0.4) is 0 Å². The second-order valence-electron chi connectivity index (χ2n) is 8.23. The van der Waals surface area contributed by atoms with E-state index in [1.165, 1.54) is 32.1 Å². The number of nitrogens with zero attached hydrogens (tertiary/aromatic N) is 5. The lowest BCUT2D eigenvalue weighted by atomic mass is 9.95. The molecule has 1 N–H and O–H groups in total. The molecule has 0 saturated heterocycles. The third kappa shape index (κ3) is 3.56. The number of nitrogens with one attached hydrogen (secondary N) is 1. The highest BCUT2D eigenvalue weighted by molar-refractivity contribution is 5.84. The zero-order chi connectivity index (χ0) is 20.5. The number of fused-ring (bicyclic) bond motifs is 1. The second kappa shape index (κ2) is 7.89. The predicted octanol–water partition coefficient (Wildman–Crippen LogP) is 5.18. The Hall–Kier alpha value is -3.22. The molecule has 0 unspecified atom stereocenters. The van der Waals surface area contributed by atoms with Crippen molar-refractivity contribution >= 4 is 11.0 Å². The molecule has 154 valence electrons. The van der Waals surface area contributed by atoms with Gasteiger partial charge in [-0.2, -0.15) is 5.21 Å². The molecule has 2 aromatic heterocycles. The molecule has 1 fully saturated rings. The van der Waals surface area contributed by atoms with E-state index in [2.05, 4.69) is 55.5 Å². The van der Waals surface area contributed by atoms with Gasteiger partial charge >= 0.3 is 0 Å². The largest absolute Gasteiger partial charge is 0.491 e. The Morgan fingerprint density at radius 1 is 1.00 bits per heavy atom. The van der Waals surface area contributed by atoms with Crippen LogP contribution in [0.1, 0.15) is 52.0 Å². The molecule has 2 aromatic carbocycles. The number of hydrogen-bond acceptors (Lipinski definition) is 5. The maximum absolute atomic E-state index is 5.82. The zero-order valence-corrected chi connectivity index (χ0v) is 17.4. The highest BCUT2D eigenvalue weighted by Crippen LogP contribution is 2.37. The van der Waals surface area contributed by atoms with Gasteiger partial charge in [-0.1, -0.05) is 19.3 Å². The summed E-state index contributed by atoms with van der Waals surface area (Å²) in [6.45, 7) is 4.08. The van der Waals surface area contributed by atoms with Crippen molar-refractivity contribution in [1.29, 1.82) is 0 Å². The van der Waals surface area contributed by atoms with Crippen molar-refractivity contribution in [3.05, 3.63) is 42.5 Å². The van der Waals surface area contributed by atoms with Crippen LogP contribution in [0.2, 0.25) is 0 Å². The number of ether oxygens (including phenoxy) is 1. The summed E-state index contributed by atoms with van der Waals surface area (Å²) in [6, 6.07) is 15.0. The number of benzene rings is 2. The van der Waals surface area contributed by atoms with E-state index in [9.17, 15) is 0 Å². The van der Waals surface area contributed by atoms with Crippen LogP contribution >= 0.6 is 0 Å². The molecule has 1 saturated carbocycles. The van der Waals surface area contributed by atoms with Gasteiger partial charge in [0.1, 0.15) is 11.6 Å². The fourth-order valence-corrected chi connectivity index (χ4v) is 4.39. The van der Waals surface area contributed by atoms with Gasteiger partial charge in [0.25, 0.3) is 0 Å². The Bertz CT molecular complexity index is 1120. The summed E-state index contributed by atoms with van der Waals surface area (Å²) >= 11 is 0. The van der Waals surface area contributed by atoms with Crippen molar-refractivity contribution in [1.82, 2.24) is 30.2 Å². The van der Waals surface area contributed by atoms with Crippen LogP contribution in [-0.4, -0.2) is 36.3 Å². The molecular weight excluding hydrogens is 376 g/mol. The number of hydrogen-bond donors (Lipinski definition) is 1. The van der Waals surface area contributed by atoms with Gasteiger partial charge in [0.2, 0.25) is 5.82 Å². The van der Waals surface area contributed by atoms with Crippen LogP contribution < -0.4 is 4.74 Å². The van der Waals surface area contributed by atoms with Crippen LogP contribution in [0.5, 0.6) is 5.75 Å². The molecule has 1 aliphatic rings. The molecule has 0 aliphatic heterocycles. The number of H-pyrrole nitrogens is 1. The molecule has 0 amide bonds. The third-order valence-electron chi connectivity index (χ3n) is 5.72. The van der Waals surface area contributed by atoms with Crippen molar-refractivity contribution in [2.24, 2.45) is 0 Å². The minimum atomic E-state index is 0.159. The minimum absolute atomic E-state index is 0.159. The van der Waals surface area contributed by atoms with Gasteiger partial charge in [-0.05, 0) is 74.4 Å². The van der Waals surface area contributed by atoms with E-state index in [0.717, 1.165) is 33.7 Å². The summed E-state index contributed by atoms with van der Waals surface area (Å²) in [5, 5.41) is 14.4. The van der Waals surface area contributed by atoms with E-state index in [1.807, 2.05) is 26.0 Å². The smallest absolute Gasteiger partial charge is 0.204 e. The molecule has 5 rings (SSSR count). The fraction of sp³-hybridized carbons (Fsp3) is 0.391. The maximum atomic E-state index is 5.82. The van der Waals surface area contributed by atoms with Gasteiger partial charge < -0.3 is 9.30 Å². The first-order valence-electron chi connectivity index (χ1n) is 10.7. The van der Waals surface area contributed by atoms with Crippen LogP contribution in [0.25, 0.3) is 33.8 Å². The molecule has 4 aromatic rings. The van der Waals surface area contributed by atoms with Crippen molar-refractivity contribution in [2.75, 3.05) is 0 Å². The van der Waals surface area contributed by atoms with Gasteiger partial charge in [-0.3, -0.25) is 0 Å². The van der Waals surface area contributed by atoms with E-state index >= 15 is 0 Å². The minimum Gasteiger partial charge on any atom is -0.491 e. The van der Waals surface area contributed by atoms with Gasteiger partial charge in [0.15, 0.2) is 0 Å². The lowest BCUT2D eigenvalue weighted by Crippen LogP contribution is -2.14. The first kappa shape index (κ1) is 18.8. The molecule has 30 heavy (non-hydrogen) atoms. The zero-order valence-electron chi connectivity index (χ0n) is 17.4. The SMILES string of the molecule is CC(C)Oc1ccc(-c2nc3cc(-c4nn[nH]n4)ccc3n2C2CCCCC2)cc1. The molecule has 0 radical (unpaired) electrons. The average molecular weight is 403 g/mol. The molecule has 2 heterocycles. The van der Waals surface area contributed by atoms with Gasteiger partial charge in [-0.15, -0.1) is 10.2 Å². The second-order valence-corrected chi connectivity index (χ2v) is 8.23. The van der Waals surface area contributed by atoms with Gasteiger partial charge in [0, 0.05) is 17.2 Å². The van der Waals surface area contributed by atoms with E-state index < -0.39 is 0 Å². The number of aromatic amines is 1. The maximum Gasteiger partial charge on any atom is 0.204 e. The van der Waals surface area contributed by atoms with Crippen LogP contribution in [0.15, 0.2) is 42.5 Å². The predicted molar refractivity (Wildman–Crippen MR) is 116 cm³/mol. The van der Waals surface area contributed by atoms with E-state index in [4.69, 9.17) is 9.72 Å². The van der Waals surface area contributed by atoms with E-state index in [0.29, 0.717) is 11.9 Å². The Labute approximate surface area is 175 Å². The van der Waals surface area contributed by atoms with Crippen molar-refractivity contribution < 1.29 is 4.74 Å². The standard InChI is InChI=1S/C23H26N6O/c1-15(2)30-19-11-8-16(9-12-19)23-24-20-14-17(22-25-27-28-26-22)10-13-21(20)29(23)18-6-4-3-5-7-18/h8-15,18H,3-7H2,1-2H3,(H,25,26,27,28). The molecule has 7 nitrogen and oxygen atoms in total. The average Bonchev–Trinajstić information content (AvgIpc) is 3.42. The molecule has 7 heteroatoms. The number of tetrazole rings is 1. The summed E-state index contributed by atoms with van der Waals surface area (Å²) in [5.74, 6) is 2.48. The first-order chi connectivity index (χ1) is 14.7. The summed E-state index contributed by atoms with van der Waals surface area (Å²) in [6.07, 6.45) is 6.41. The summed E-state index contributed by atoms with van der Waals surface area (Å²) in [5.41, 5.74) is 4.14. The third-order valence-corrected chi connectivity index (χ3v) is 5.72. The van der Waals surface area contributed by atoms with E-state index in [1.54, 1.807) is 0 Å². The normalized spacial score (nSPS) is 15.2. The lowest BCUT2D eigenvalue weighted by Gasteiger charge is -2.25. The summed E-state index contributed by atoms with van der Waals surface area (Å²) in [4.78, 5) is 5.06. The van der Waals surface area contributed by atoms with Crippen molar-refractivity contribution in [3.8, 4) is 28.5 Å². The molecule has 0 bridgehead atoms. The topological polar surface area (TPSA) is 81.5 Å². The van der Waals surface area contributed by atoms with Crippen molar-refractivity contribution in [2.45, 2.75) is 58.1 Å². The Morgan fingerprint density at radius 2 is 1.77 bits per heavy atom. The van der Waals surface area contributed by atoms with E-state index in [-0.39, 0.29) is 6.10 Å². The summed E-state index contributed by atoms with van der Waals surface area (Å²) in [7, 11) is 0. The highest BCUT2D eigenvalue weighted by atomic mass is 16.5. The Morgan fingerprint density at radius 3 is 2.47 bits per heavy atom. The first-order valence-corrected chi connectivity index (χ1v) is 10.7. The Kier molecular flexibility index (Phi) is 4.94. The number of aromatic nitrogens is 6. The number of imidazole rings is 1. The molecule has 0 spiro atoms. The van der Waals surface area contributed by atoms with Crippen LogP contribution in [0.4, 0.5) is 0 Å². The quantitative estimate of drug-likeness (QED) is 0.498. The lowest BCUT2D eigenvalue weighted by molar-refractivity contribution is 0.242. The van der Waals surface area contributed by atoms with Crippen LogP contribution in [-0.2, 0) is 0 Å². The summed E-state index contributed by atoms with van der Waals surface area (Å²) < 4.78 is 8.25. The van der Waals surface area contributed by atoms with Gasteiger partial charge in [0.05, 0.1) is 17.1 Å². The number of rotatable bonds is 5. The Balaban J connectivity index is 1.61. The molecule has 0 atom stereocenters. The van der Waals surface area contributed by atoms with Crippen molar-refractivity contribution in [3.63, 3.8) is 0 Å². The fourth-order valence-electron chi connectivity index (χ4n) is 4.39. The molecule has 1 aliphatic carbocycles.